The summed E-state index contributed by atoms with van der Waals surface area (Å²) in [6.45, 7) is 16.5. The summed E-state index contributed by atoms with van der Waals surface area (Å²) in [7, 11) is 0. The van der Waals surface area contributed by atoms with Gasteiger partial charge in [-0.25, -0.2) is 0 Å². The first-order valence-corrected chi connectivity index (χ1v) is 14.5. The normalized spacial score (nSPS) is 44.7. The third kappa shape index (κ3) is 4.58. The summed E-state index contributed by atoms with van der Waals surface area (Å²) in [5.74, 6) is 6.43. The van der Waals surface area contributed by atoms with Crippen molar-refractivity contribution >= 4 is 5.97 Å². The quantitative estimate of drug-likeness (QED) is 0.296. The molecule has 0 aromatic heterocycles. The van der Waals surface area contributed by atoms with Crippen molar-refractivity contribution < 1.29 is 9.53 Å². The Morgan fingerprint density at radius 2 is 1.64 bits per heavy atom. The number of carbonyl (C=O) groups excluding carboxylic acids is 1. The lowest BCUT2D eigenvalue weighted by molar-refractivity contribution is -0.160. The Bertz CT molecular complexity index is 724. The fourth-order valence-electron chi connectivity index (χ4n) is 9.75. The molecular formula is C31H52O2. The second-order valence-corrected chi connectivity index (χ2v) is 13.5. The molecule has 4 aliphatic carbocycles. The molecule has 188 valence electrons. The molecule has 0 bridgehead atoms. The van der Waals surface area contributed by atoms with Crippen LogP contribution in [-0.2, 0) is 9.53 Å². The zero-order valence-corrected chi connectivity index (χ0v) is 22.7. The molecule has 0 amide bonds. The molecule has 0 aromatic carbocycles. The third-order valence-electron chi connectivity index (χ3n) is 11.6. The van der Waals surface area contributed by atoms with Crippen LogP contribution in [0.5, 0.6) is 0 Å². The molecule has 0 saturated heterocycles. The van der Waals surface area contributed by atoms with Gasteiger partial charge in [0.2, 0.25) is 0 Å². The predicted molar refractivity (Wildman–Crippen MR) is 138 cm³/mol. The molecule has 2 nitrogen and oxygen atoms in total. The van der Waals surface area contributed by atoms with Crippen LogP contribution < -0.4 is 0 Å². The van der Waals surface area contributed by atoms with Gasteiger partial charge in [-0.05, 0) is 122 Å². The van der Waals surface area contributed by atoms with E-state index in [1.807, 2.05) is 0 Å². The van der Waals surface area contributed by atoms with Gasteiger partial charge in [-0.15, -0.1) is 0 Å². The highest BCUT2D eigenvalue weighted by Gasteiger charge is 2.60. The number of esters is 1. The van der Waals surface area contributed by atoms with Crippen LogP contribution in [0.3, 0.4) is 0 Å². The van der Waals surface area contributed by atoms with Crippen molar-refractivity contribution in [2.45, 2.75) is 119 Å². The summed E-state index contributed by atoms with van der Waals surface area (Å²) < 4.78 is 5.66. The lowest BCUT2D eigenvalue weighted by Crippen LogP contribution is -2.54. The van der Waals surface area contributed by atoms with E-state index in [1.165, 1.54) is 51.4 Å². The van der Waals surface area contributed by atoms with E-state index in [0.29, 0.717) is 16.7 Å². The topological polar surface area (TPSA) is 26.3 Å². The molecule has 0 radical (unpaired) electrons. The number of rotatable bonds is 6. The first-order chi connectivity index (χ1) is 15.6. The molecule has 4 rings (SSSR count). The Balaban J connectivity index is 1.46. The maximum Gasteiger partial charge on any atom is 0.302 e. The molecule has 0 unspecified atom stereocenters. The minimum atomic E-state index is -0.0930. The molecule has 4 fully saturated rings. The second kappa shape index (κ2) is 9.69. The summed E-state index contributed by atoms with van der Waals surface area (Å²) in [6, 6.07) is 0. The van der Waals surface area contributed by atoms with Gasteiger partial charge in [0.05, 0.1) is 0 Å². The van der Waals surface area contributed by atoms with Gasteiger partial charge in [-0.2, -0.15) is 0 Å². The first-order valence-electron chi connectivity index (χ1n) is 14.5. The minimum absolute atomic E-state index is 0.0930. The Labute approximate surface area is 204 Å². The van der Waals surface area contributed by atoms with Gasteiger partial charge in [-0.1, -0.05) is 53.7 Å². The van der Waals surface area contributed by atoms with Gasteiger partial charge in [-0.3, -0.25) is 4.79 Å². The van der Waals surface area contributed by atoms with Crippen molar-refractivity contribution in [3.63, 3.8) is 0 Å². The van der Waals surface area contributed by atoms with E-state index in [-0.39, 0.29) is 12.1 Å². The summed E-state index contributed by atoms with van der Waals surface area (Å²) in [5.41, 5.74) is 0.999. The Hall–Kier alpha value is -0.790. The molecule has 33 heavy (non-hydrogen) atoms. The molecule has 4 saturated carbocycles. The zero-order valence-electron chi connectivity index (χ0n) is 22.7. The molecular weight excluding hydrogens is 404 g/mol. The van der Waals surface area contributed by atoms with Crippen molar-refractivity contribution in [3.8, 4) is 0 Å². The van der Waals surface area contributed by atoms with Gasteiger partial charge >= 0.3 is 5.97 Å². The van der Waals surface area contributed by atoms with E-state index in [0.717, 1.165) is 54.3 Å². The molecule has 10 atom stereocenters. The van der Waals surface area contributed by atoms with Crippen LogP contribution in [0.4, 0.5) is 0 Å². The van der Waals surface area contributed by atoms with Crippen molar-refractivity contribution in [3.05, 3.63) is 12.2 Å². The highest BCUT2D eigenvalue weighted by Crippen LogP contribution is 2.68. The number of allylic oxidation sites excluding steroid dienone is 2. The predicted octanol–water partition coefficient (Wildman–Crippen LogP) is 8.45. The Morgan fingerprint density at radius 3 is 2.30 bits per heavy atom. The zero-order chi connectivity index (χ0) is 24.0. The van der Waals surface area contributed by atoms with Crippen molar-refractivity contribution in [1.29, 1.82) is 0 Å². The number of ether oxygens (including phenoxy) is 1. The average molecular weight is 457 g/mol. The lowest BCUT2D eigenvalue weighted by atomic mass is 9.44. The van der Waals surface area contributed by atoms with Crippen molar-refractivity contribution in [2.75, 3.05) is 0 Å². The van der Waals surface area contributed by atoms with Crippen LogP contribution in [0.15, 0.2) is 12.2 Å². The number of hydrogen-bond acceptors (Lipinski definition) is 2. The molecule has 0 heterocycles. The van der Waals surface area contributed by atoms with E-state index in [4.69, 9.17) is 4.74 Å². The average Bonchev–Trinajstić information content (AvgIpc) is 3.11. The maximum atomic E-state index is 11.5. The number of carbonyl (C=O) groups is 1. The van der Waals surface area contributed by atoms with Crippen LogP contribution in [0.25, 0.3) is 0 Å². The molecule has 0 N–H and O–H groups in total. The van der Waals surface area contributed by atoms with Gasteiger partial charge in [0.15, 0.2) is 0 Å². The summed E-state index contributed by atoms with van der Waals surface area (Å²) in [4.78, 5) is 11.5. The fourth-order valence-corrected chi connectivity index (χ4v) is 9.75. The van der Waals surface area contributed by atoms with Crippen molar-refractivity contribution in [2.24, 2.45) is 58.2 Å². The number of fused-ring (bicyclic) bond motifs is 5. The summed E-state index contributed by atoms with van der Waals surface area (Å²) in [5, 5.41) is 0. The monoisotopic (exact) mass is 456 g/mol. The second-order valence-electron chi connectivity index (χ2n) is 13.5. The standard InChI is InChI=1S/C31H52O2/c1-8-23(20(2)3)10-9-21(4)27-13-14-28-26-12-11-24-19-25(33-22(5)32)15-17-30(24,6)29(26)16-18-31(27,28)7/h9-10,20-21,23-29H,8,11-19H2,1-7H3/b10-9+/t21-,23+,24+,25+,26+,27-,28+,29+,30+,31-/m1/s1. The minimum Gasteiger partial charge on any atom is -0.463 e. The van der Waals surface area contributed by atoms with E-state index in [9.17, 15) is 4.79 Å². The lowest BCUT2D eigenvalue weighted by Gasteiger charge is -2.61. The summed E-state index contributed by atoms with van der Waals surface area (Å²) in [6.07, 6.45) is 18.6. The van der Waals surface area contributed by atoms with Crippen LogP contribution in [0.1, 0.15) is 113 Å². The highest BCUT2D eigenvalue weighted by molar-refractivity contribution is 5.66. The summed E-state index contributed by atoms with van der Waals surface area (Å²) >= 11 is 0. The van der Waals surface area contributed by atoms with E-state index >= 15 is 0 Å². The maximum absolute atomic E-state index is 11.5. The molecule has 0 spiro atoms. The smallest absolute Gasteiger partial charge is 0.302 e. The van der Waals surface area contributed by atoms with Gasteiger partial charge < -0.3 is 4.74 Å². The first kappa shape index (κ1) is 25.3. The molecule has 4 aliphatic rings. The van der Waals surface area contributed by atoms with Gasteiger partial charge in [0, 0.05) is 6.92 Å². The third-order valence-corrected chi connectivity index (χ3v) is 11.6. The van der Waals surface area contributed by atoms with E-state index < -0.39 is 0 Å². The molecule has 2 heteroatoms. The largest absolute Gasteiger partial charge is 0.463 e. The van der Waals surface area contributed by atoms with Crippen LogP contribution in [0, 0.1) is 58.2 Å². The van der Waals surface area contributed by atoms with Gasteiger partial charge in [0.25, 0.3) is 0 Å². The van der Waals surface area contributed by atoms with Crippen molar-refractivity contribution in [1.82, 2.24) is 0 Å². The van der Waals surface area contributed by atoms with Crippen LogP contribution >= 0.6 is 0 Å². The van der Waals surface area contributed by atoms with Crippen LogP contribution in [0.2, 0.25) is 0 Å². The van der Waals surface area contributed by atoms with Crippen LogP contribution in [-0.4, -0.2) is 12.1 Å². The van der Waals surface area contributed by atoms with E-state index in [1.54, 1.807) is 6.92 Å². The SMILES string of the molecule is CC[C@@H](/C=C/[C@@H](C)[C@H]1CC[C@H]2[C@@H]3CC[C@H]4C[C@@H](OC(C)=O)CC[C@]4(C)[C@H]3CC[C@]12C)C(C)C. The molecule has 0 aromatic rings. The Morgan fingerprint density at radius 1 is 0.939 bits per heavy atom. The number of hydrogen-bond donors (Lipinski definition) is 0. The van der Waals surface area contributed by atoms with Gasteiger partial charge in [0.1, 0.15) is 6.10 Å². The molecule has 0 aliphatic heterocycles. The van der Waals surface area contributed by atoms with E-state index in [2.05, 4.69) is 53.7 Å². The highest BCUT2D eigenvalue weighted by atomic mass is 16.5. The fraction of sp³-hybridized carbons (Fsp3) is 0.903. The Kier molecular flexibility index (Phi) is 7.43.